The number of benzene rings is 1. The topological polar surface area (TPSA) is 93.1 Å². The molecular formula is C34H54O6Si. The molecule has 1 aromatic rings. The molecule has 0 aliphatic heterocycles. The Morgan fingerprint density at radius 1 is 1.02 bits per heavy atom. The van der Waals surface area contributed by atoms with Crippen LogP contribution < -0.4 is 0 Å². The van der Waals surface area contributed by atoms with Gasteiger partial charge in [-0.2, -0.15) is 0 Å². The molecule has 6 nitrogen and oxygen atoms in total. The lowest BCUT2D eigenvalue weighted by molar-refractivity contribution is -0.137. The van der Waals surface area contributed by atoms with E-state index in [1.54, 1.807) is 12.1 Å². The Hall–Kier alpha value is -2.22. The van der Waals surface area contributed by atoms with Gasteiger partial charge in [0, 0.05) is 18.8 Å². The predicted octanol–water partition coefficient (Wildman–Crippen LogP) is 8.33. The number of unbranched alkanes of at least 4 members (excludes halogenated alkanes) is 3. The number of aliphatic hydroxyl groups is 1. The van der Waals surface area contributed by atoms with E-state index >= 15 is 0 Å². The molecule has 0 amide bonds. The fraction of sp³-hybridized carbons (Fsp3) is 0.647. The fourth-order valence-corrected chi connectivity index (χ4v) is 9.09. The zero-order valence-corrected chi connectivity index (χ0v) is 27.0. The van der Waals surface area contributed by atoms with E-state index in [0.717, 1.165) is 43.8 Å². The lowest BCUT2D eigenvalue weighted by Gasteiger charge is -2.39. The molecule has 0 heterocycles. The molecule has 2 N–H and O–H groups in total. The van der Waals surface area contributed by atoms with Crippen molar-refractivity contribution in [3.05, 3.63) is 60.2 Å². The standard InChI is InChI=1S/C34H54O6Si/c1-6-10-18-24-34(5,40-41(7-2,8-3)9-4)25-23-29-28(21-16-11-12-17-22-32(36)37)30(35)26-31(29)39-33(38)27-19-14-13-15-20-27/h11,13-16,19-20,23,25,28-31,35H,6-10,12,17-18,21-22,24,26H2,1-5H3,(H,36,37)/b16-11-,25-23+/t28-,29-,30+,31-,34-/m1/s1. The molecule has 1 aliphatic rings. The Bertz CT molecular complexity index is 964. The van der Waals surface area contributed by atoms with Gasteiger partial charge < -0.3 is 19.4 Å². The number of carboxylic acids is 1. The summed E-state index contributed by atoms with van der Waals surface area (Å²) in [6.45, 7) is 11.2. The third-order valence-electron chi connectivity index (χ3n) is 8.83. The minimum Gasteiger partial charge on any atom is -0.481 e. The van der Waals surface area contributed by atoms with Gasteiger partial charge in [-0.25, -0.2) is 4.79 Å². The van der Waals surface area contributed by atoms with Gasteiger partial charge in [-0.3, -0.25) is 4.79 Å². The maximum atomic E-state index is 13.0. The molecule has 1 aliphatic carbocycles. The molecule has 0 bridgehead atoms. The summed E-state index contributed by atoms with van der Waals surface area (Å²) in [6.07, 6.45) is 14.1. The third-order valence-corrected chi connectivity index (χ3v) is 13.6. The van der Waals surface area contributed by atoms with Crippen molar-refractivity contribution >= 4 is 20.3 Å². The second kappa shape index (κ2) is 17.7. The summed E-state index contributed by atoms with van der Waals surface area (Å²) in [6, 6.07) is 12.2. The largest absolute Gasteiger partial charge is 0.481 e. The summed E-state index contributed by atoms with van der Waals surface area (Å²) < 4.78 is 13.1. The summed E-state index contributed by atoms with van der Waals surface area (Å²) in [5.74, 6) is -1.43. The van der Waals surface area contributed by atoms with Gasteiger partial charge in [0.15, 0.2) is 8.32 Å². The lowest BCUT2D eigenvalue weighted by Crippen LogP contribution is -2.45. The number of aliphatic hydroxyl groups excluding tert-OH is 1. The van der Waals surface area contributed by atoms with Crippen molar-refractivity contribution in [2.45, 2.75) is 128 Å². The highest BCUT2D eigenvalue weighted by Gasteiger charge is 2.44. The van der Waals surface area contributed by atoms with Crippen LogP contribution in [-0.4, -0.2) is 48.3 Å². The number of ether oxygens (including phenoxy) is 1. The summed E-state index contributed by atoms with van der Waals surface area (Å²) in [7, 11) is -1.89. The van der Waals surface area contributed by atoms with Crippen LogP contribution in [0.2, 0.25) is 18.1 Å². The predicted molar refractivity (Wildman–Crippen MR) is 168 cm³/mol. The van der Waals surface area contributed by atoms with Crippen molar-refractivity contribution in [3.8, 4) is 0 Å². The zero-order chi connectivity index (χ0) is 30.3. The molecule has 0 spiro atoms. The molecule has 1 aromatic carbocycles. The van der Waals surface area contributed by atoms with Crippen molar-refractivity contribution in [2.75, 3.05) is 0 Å². The molecule has 1 saturated carbocycles. The Labute approximate surface area is 249 Å². The number of carbonyl (C=O) groups excluding carboxylic acids is 1. The van der Waals surface area contributed by atoms with E-state index in [1.165, 1.54) is 0 Å². The molecule has 2 rings (SSSR count). The van der Waals surface area contributed by atoms with Gasteiger partial charge in [0.1, 0.15) is 6.10 Å². The second-order valence-electron chi connectivity index (χ2n) is 11.8. The van der Waals surface area contributed by atoms with Crippen molar-refractivity contribution < 1.29 is 29.0 Å². The molecule has 0 radical (unpaired) electrons. The van der Waals surface area contributed by atoms with E-state index in [0.29, 0.717) is 31.2 Å². The number of esters is 1. The zero-order valence-electron chi connectivity index (χ0n) is 26.0. The van der Waals surface area contributed by atoms with Gasteiger partial charge in [-0.15, -0.1) is 0 Å². The first-order chi connectivity index (χ1) is 19.6. The molecule has 1 fully saturated rings. The fourth-order valence-electron chi connectivity index (χ4n) is 6.00. The second-order valence-corrected chi connectivity index (χ2v) is 16.5. The monoisotopic (exact) mass is 586 g/mol. The van der Waals surface area contributed by atoms with Crippen molar-refractivity contribution in [1.29, 1.82) is 0 Å². The highest BCUT2D eigenvalue weighted by Crippen LogP contribution is 2.40. The van der Waals surface area contributed by atoms with E-state index in [4.69, 9.17) is 14.3 Å². The number of hydrogen-bond acceptors (Lipinski definition) is 5. The summed E-state index contributed by atoms with van der Waals surface area (Å²) >= 11 is 0. The van der Waals surface area contributed by atoms with E-state index < -0.39 is 32.1 Å². The van der Waals surface area contributed by atoms with Gasteiger partial charge in [-0.05, 0) is 68.8 Å². The Morgan fingerprint density at radius 3 is 2.32 bits per heavy atom. The van der Waals surface area contributed by atoms with Crippen LogP contribution in [0.5, 0.6) is 0 Å². The first kappa shape index (κ1) is 35.0. The maximum absolute atomic E-state index is 13.0. The van der Waals surface area contributed by atoms with Crippen LogP contribution in [0, 0.1) is 11.8 Å². The van der Waals surface area contributed by atoms with E-state index in [2.05, 4.69) is 46.8 Å². The average molecular weight is 587 g/mol. The van der Waals surface area contributed by atoms with Crippen LogP contribution in [0.4, 0.5) is 0 Å². The minimum absolute atomic E-state index is 0.110. The summed E-state index contributed by atoms with van der Waals surface area (Å²) in [4.78, 5) is 23.8. The third kappa shape index (κ3) is 11.2. The van der Waals surface area contributed by atoms with Crippen LogP contribution in [0.3, 0.4) is 0 Å². The van der Waals surface area contributed by atoms with Crippen LogP contribution in [0.15, 0.2) is 54.6 Å². The number of allylic oxidation sites excluding steroid dienone is 2. The summed E-state index contributed by atoms with van der Waals surface area (Å²) in [5.41, 5.74) is 0.0891. The lowest BCUT2D eigenvalue weighted by atomic mass is 9.87. The molecule has 7 heteroatoms. The van der Waals surface area contributed by atoms with Crippen LogP contribution in [-0.2, 0) is 14.0 Å². The van der Waals surface area contributed by atoms with E-state index in [1.807, 2.05) is 30.4 Å². The average Bonchev–Trinajstić information content (AvgIpc) is 3.26. The van der Waals surface area contributed by atoms with E-state index in [-0.39, 0.29) is 24.2 Å². The SMILES string of the molecule is CCCCC[C@](C)(/C=C/[C@@H]1[C@@H](C/C=C\CCCC(=O)O)[C@@H](O)C[C@H]1OC(=O)c1ccccc1)O[Si](CC)(CC)CC. The van der Waals surface area contributed by atoms with Gasteiger partial charge in [0.2, 0.25) is 0 Å². The highest BCUT2D eigenvalue weighted by atomic mass is 28.4. The van der Waals surface area contributed by atoms with Gasteiger partial charge in [0.05, 0.1) is 17.3 Å². The number of hydrogen-bond donors (Lipinski definition) is 2. The number of carboxylic acid groups (broad SMARTS) is 1. The number of aliphatic carboxylic acids is 1. The van der Waals surface area contributed by atoms with Crippen LogP contribution >= 0.6 is 0 Å². The molecule has 0 unspecified atom stereocenters. The maximum Gasteiger partial charge on any atom is 0.338 e. The van der Waals surface area contributed by atoms with Crippen molar-refractivity contribution in [2.24, 2.45) is 11.8 Å². The quantitative estimate of drug-likeness (QED) is 0.0733. The number of rotatable bonds is 19. The smallest absolute Gasteiger partial charge is 0.338 e. The highest BCUT2D eigenvalue weighted by molar-refractivity contribution is 6.73. The van der Waals surface area contributed by atoms with E-state index in [9.17, 15) is 14.7 Å². The van der Waals surface area contributed by atoms with Gasteiger partial charge in [-0.1, -0.05) is 89.5 Å². The normalized spacial score (nSPS) is 22.8. The Balaban J connectivity index is 2.33. The number of carbonyl (C=O) groups is 2. The molecule has 5 atom stereocenters. The summed E-state index contributed by atoms with van der Waals surface area (Å²) in [5, 5.41) is 20.0. The first-order valence-electron chi connectivity index (χ1n) is 15.8. The molecule has 41 heavy (non-hydrogen) atoms. The van der Waals surface area contributed by atoms with Gasteiger partial charge in [0.25, 0.3) is 0 Å². The molecule has 230 valence electrons. The molecular weight excluding hydrogens is 532 g/mol. The Morgan fingerprint density at radius 2 is 1.71 bits per heavy atom. The van der Waals surface area contributed by atoms with Crippen molar-refractivity contribution in [3.63, 3.8) is 0 Å². The van der Waals surface area contributed by atoms with Crippen LogP contribution in [0.25, 0.3) is 0 Å². The molecule has 0 saturated heterocycles. The van der Waals surface area contributed by atoms with Crippen LogP contribution in [0.1, 0.15) is 103 Å². The van der Waals surface area contributed by atoms with Crippen molar-refractivity contribution in [1.82, 2.24) is 0 Å². The minimum atomic E-state index is -1.89. The molecule has 0 aromatic heterocycles. The van der Waals surface area contributed by atoms with Gasteiger partial charge >= 0.3 is 11.9 Å². The first-order valence-corrected chi connectivity index (χ1v) is 18.4. The Kier molecular flexibility index (Phi) is 15.1.